The first-order valence-electron chi connectivity index (χ1n) is 36.2. The first kappa shape index (κ1) is 61.7. The molecular weight excluding hydrogens is 1290 g/mol. The van der Waals surface area contributed by atoms with Gasteiger partial charge in [-0.05, 0) is 186 Å². The molecule has 4 heterocycles. The van der Waals surface area contributed by atoms with Crippen molar-refractivity contribution < 1.29 is 0 Å². The summed E-state index contributed by atoms with van der Waals surface area (Å²) < 4.78 is 7.23. The number of rotatable bonds is 15. The molecule has 7 heteroatoms. The van der Waals surface area contributed by atoms with Crippen molar-refractivity contribution in [3.05, 3.63) is 417 Å². The second kappa shape index (κ2) is 26.0. The molecule has 106 heavy (non-hydrogen) atoms. The van der Waals surface area contributed by atoms with Gasteiger partial charge in [0.25, 0.3) is 0 Å². The molecule has 0 N–H and O–H groups in total. The number of benzene rings is 16. The molecule has 7 nitrogen and oxygen atoms in total. The van der Waals surface area contributed by atoms with Crippen molar-refractivity contribution in [2.75, 3.05) is 9.80 Å². The maximum Gasteiger partial charge on any atom is 0.160 e. The van der Waals surface area contributed by atoms with E-state index in [0.717, 1.165) is 123 Å². The van der Waals surface area contributed by atoms with Gasteiger partial charge in [0.2, 0.25) is 0 Å². The van der Waals surface area contributed by atoms with Crippen LogP contribution >= 0.6 is 0 Å². The van der Waals surface area contributed by atoms with Crippen molar-refractivity contribution in [2.45, 2.75) is 5.92 Å². The summed E-state index contributed by atoms with van der Waals surface area (Å²) in [5.41, 5.74) is 26.0. The van der Waals surface area contributed by atoms with Gasteiger partial charge in [-0.25, -0.2) is 9.97 Å². The third-order valence-electron chi connectivity index (χ3n) is 21.1. The van der Waals surface area contributed by atoms with Gasteiger partial charge in [0, 0.05) is 106 Å². The van der Waals surface area contributed by atoms with Gasteiger partial charge in [-0.15, -0.1) is 0 Å². The molecule has 0 spiro atoms. The second-order valence-electron chi connectivity index (χ2n) is 27.3. The third-order valence-corrected chi connectivity index (χ3v) is 21.1. The Morgan fingerprint density at radius 3 is 0.972 bits per heavy atom. The molecule has 0 fully saturated rings. The highest BCUT2D eigenvalue weighted by Crippen LogP contribution is 2.45. The maximum atomic E-state index is 5.66. The number of hydrogen-bond acceptors (Lipinski definition) is 4. The summed E-state index contributed by atoms with van der Waals surface area (Å²) in [6.07, 6.45) is 0. The van der Waals surface area contributed by atoms with E-state index >= 15 is 0 Å². The summed E-state index contributed by atoms with van der Waals surface area (Å²) in [5, 5.41) is 8.15. The molecule has 0 aliphatic heterocycles. The summed E-state index contributed by atoms with van der Waals surface area (Å²) in [6, 6.07) is 145. The highest BCUT2D eigenvalue weighted by atomic mass is 15.2. The zero-order valence-electron chi connectivity index (χ0n) is 57.8. The molecule has 0 bridgehead atoms. The fourth-order valence-electron chi connectivity index (χ4n) is 16.3. The average Bonchev–Trinajstić information content (AvgIpc) is 1.56. The van der Waals surface area contributed by atoms with Crippen LogP contribution in [0.4, 0.5) is 34.1 Å². The van der Waals surface area contributed by atoms with Crippen molar-refractivity contribution in [2.24, 2.45) is 0 Å². The molecule has 20 aromatic rings. The van der Waals surface area contributed by atoms with E-state index in [9.17, 15) is 0 Å². The SMILES string of the molecule is c1ccc(C(c2ccccc2)c2ccc3c4ccccc4n(-c4ccc(-c5nc(-c6ccc(-n7c8ccccc8c8ccc(N(c9ccccc9)c9ccccc9)cc87)cc6)c6cc(-c7ccc(-n8c9ccccc9c9ccc(N(c%10ccccc%10)c%10ccccc%10)cc98)cc7)ccc6n5)cc4)c3c2)cc1. The molecule has 0 unspecified atom stereocenters. The van der Waals surface area contributed by atoms with E-state index in [4.69, 9.17) is 9.97 Å². The Labute approximate surface area is 613 Å². The predicted molar refractivity (Wildman–Crippen MR) is 442 cm³/mol. The Bertz CT molecular complexity index is 6530. The molecule has 20 rings (SSSR count). The first-order chi connectivity index (χ1) is 52.6. The van der Waals surface area contributed by atoms with Gasteiger partial charge < -0.3 is 23.5 Å². The molecule has 0 radical (unpaired) electrons. The summed E-state index contributed by atoms with van der Waals surface area (Å²) in [5.74, 6) is 0.701. The number of para-hydroxylation sites is 7. The average molecular weight is 1350 g/mol. The third kappa shape index (κ3) is 10.8. The molecule has 0 aliphatic carbocycles. The highest BCUT2D eigenvalue weighted by Gasteiger charge is 2.24. The van der Waals surface area contributed by atoms with Crippen LogP contribution in [0.5, 0.6) is 0 Å². The van der Waals surface area contributed by atoms with Crippen LogP contribution < -0.4 is 9.80 Å². The number of anilines is 6. The standard InChI is InChI=1S/C99H67N7/c1-7-25-68(26-8-1)97(69-27-9-2-10-28-69)73-49-59-86-83-37-19-22-40-91(83)104(94(86)64-73)80-55-47-71(48-56-80)99-100-90-62-50-72(67-43-51-78(52-44-67)105-92-41-23-20-38-84(92)87-60-57-81(65-95(87)105)102(74-29-11-3-12-30-74)75-31-13-4-14-32-75)63-89(90)98(101-99)70-45-53-79(54-46-70)106-93-42-24-21-39-85(93)88-61-58-82(66-96(88)106)103(76-33-15-5-16-34-76)77-35-17-6-18-36-77/h1-66,97H. The molecule has 0 amide bonds. The van der Waals surface area contributed by atoms with Crippen molar-refractivity contribution in [3.8, 4) is 50.8 Å². The minimum atomic E-state index is 0.0527. The van der Waals surface area contributed by atoms with Crippen molar-refractivity contribution in [1.82, 2.24) is 23.7 Å². The van der Waals surface area contributed by atoms with Crippen molar-refractivity contribution in [1.29, 1.82) is 0 Å². The van der Waals surface area contributed by atoms with Crippen LogP contribution in [0.25, 0.3) is 127 Å². The number of hydrogen-bond donors (Lipinski definition) is 0. The zero-order chi connectivity index (χ0) is 70.0. The van der Waals surface area contributed by atoms with E-state index in [1.54, 1.807) is 0 Å². The molecule has 0 aliphatic rings. The van der Waals surface area contributed by atoms with Gasteiger partial charge in [0.1, 0.15) is 0 Å². The van der Waals surface area contributed by atoms with E-state index < -0.39 is 0 Å². The first-order valence-corrected chi connectivity index (χ1v) is 36.2. The Hall–Kier alpha value is -14.1. The lowest BCUT2D eigenvalue weighted by Gasteiger charge is -2.25. The summed E-state index contributed by atoms with van der Waals surface area (Å²) in [7, 11) is 0. The van der Waals surface area contributed by atoms with E-state index in [0.29, 0.717) is 5.82 Å². The van der Waals surface area contributed by atoms with Gasteiger partial charge in [0.15, 0.2) is 5.82 Å². The topological polar surface area (TPSA) is 47.1 Å². The summed E-state index contributed by atoms with van der Waals surface area (Å²) >= 11 is 0. The lowest BCUT2D eigenvalue weighted by atomic mass is 9.85. The molecule has 4 aromatic heterocycles. The van der Waals surface area contributed by atoms with Crippen LogP contribution in [0.3, 0.4) is 0 Å². The van der Waals surface area contributed by atoms with E-state index in [1.165, 1.54) is 49.0 Å². The largest absolute Gasteiger partial charge is 0.310 e. The minimum Gasteiger partial charge on any atom is -0.310 e. The normalized spacial score (nSPS) is 11.7. The molecule has 0 saturated heterocycles. The molecular formula is C99H67N7. The molecule has 498 valence electrons. The van der Waals surface area contributed by atoms with Crippen LogP contribution in [-0.2, 0) is 0 Å². The monoisotopic (exact) mass is 1350 g/mol. The quantitative estimate of drug-likeness (QED) is 0.0960. The molecule has 16 aromatic carbocycles. The van der Waals surface area contributed by atoms with Gasteiger partial charge in [0.05, 0.1) is 44.3 Å². The predicted octanol–water partition coefficient (Wildman–Crippen LogP) is 26.0. The lowest BCUT2D eigenvalue weighted by molar-refractivity contribution is 0.978. The van der Waals surface area contributed by atoms with Crippen LogP contribution in [-0.4, -0.2) is 23.7 Å². The van der Waals surface area contributed by atoms with E-state index in [2.05, 4.69) is 424 Å². The van der Waals surface area contributed by atoms with Crippen LogP contribution in [0.15, 0.2) is 400 Å². The Morgan fingerprint density at radius 1 is 0.208 bits per heavy atom. The highest BCUT2D eigenvalue weighted by molar-refractivity contribution is 6.13. The minimum absolute atomic E-state index is 0.0527. The Kier molecular flexibility index (Phi) is 15.2. The maximum absolute atomic E-state index is 5.66. The zero-order valence-corrected chi connectivity index (χ0v) is 57.8. The fraction of sp³-hybridized carbons (Fsp3) is 0.0101. The van der Waals surface area contributed by atoms with Gasteiger partial charge >= 0.3 is 0 Å². The van der Waals surface area contributed by atoms with Crippen LogP contribution in [0, 0.1) is 0 Å². The van der Waals surface area contributed by atoms with Crippen LogP contribution in [0.1, 0.15) is 22.6 Å². The number of fused-ring (bicyclic) bond motifs is 10. The number of nitrogens with zero attached hydrogens (tertiary/aromatic N) is 7. The van der Waals surface area contributed by atoms with Gasteiger partial charge in [-0.3, -0.25) is 0 Å². The smallest absolute Gasteiger partial charge is 0.160 e. The molecule has 0 saturated carbocycles. The van der Waals surface area contributed by atoms with Crippen molar-refractivity contribution >= 4 is 110 Å². The fourth-order valence-corrected chi connectivity index (χ4v) is 16.3. The van der Waals surface area contributed by atoms with Crippen LogP contribution in [0.2, 0.25) is 0 Å². The number of aromatic nitrogens is 5. The van der Waals surface area contributed by atoms with Gasteiger partial charge in [-0.1, -0.05) is 243 Å². The van der Waals surface area contributed by atoms with E-state index in [1.807, 2.05) is 0 Å². The Morgan fingerprint density at radius 2 is 0.547 bits per heavy atom. The lowest BCUT2D eigenvalue weighted by Crippen LogP contribution is -2.09. The van der Waals surface area contributed by atoms with Gasteiger partial charge in [-0.2, -0.15) is 0 Å². The van der Waals surface area contributed by atoms with E-state index in [-0.39, 0.29) is 5.92 Å². The van der Waals surface area contributed by atoms with Crippen molar-refractivity contribution in [3.63, 3.8) is 0 Å². The second-order valence-corrected chi connectivity index (χ2v) is 27.3. The summed E-state index contributed by atoms with van der Waals surface area (Å²) in [4.78, 5) is 15.8. The molecule has 0 atom stereocenters. The summed E-state index contributed by atoms with van der Waals surface area (Å²) in [6.45, 7) is 0. The Balaban J connectivity index is 0.710.